The van der Waals surface area contributed by atoms with Gasteiger partial charge < -0.3 is 14.4 Å². The molecule has 4 heteroatoms. The summed E-state index contributed by atoms with van der Waals surface area (Å²) in [5, 5.41) is 2.61. The molecule has 1 unspecified atom stereocenters. The minimum Gasteiger partial charge on any atom is -0.449 e. The molecular weight excluding hydrogens is 739 g/mol. The molecule has 3 aliphatic carbocycles. The van der Waals surface area contributed by atoms with Crippen LogP contribution in [0.2, 0.25) is 0 Å². The van der Waals surface area contributed by atoms with Gasteiger partial charge in [0.2, 0.25) is 0 Å². The lowest BCUT2D eigenvalue weighted by Crippen LogP contribution is -2.27. The van der Waals surface area contributed by atoms with Crippen LogP contribution in [0.25, 0.3) is 48.0 Å². The number of benzene rings is 8. The summed E-state index contributed by atoms with van der Waals surface area (Å²) in [6.45, 7) is 0. The number of nitrogens with zero attached hydrogens (tertiary/aromatic N) is 1. The average Bonchev–Trinajstić information content (AvgIpc) is 3.92. The molecule has 278 valence electrons. The lowest BCUT2D eigenvalue weighted by Gasteiger charge is -2.34. The van der Waals surface area contributed by atoms with Gasteiger partial charge in [0, 0.05) is 31.5 Å². The smallest absolute Gasteiger partial charge is 0.194 e. The minimum atomic E-state index is -0.389. The van der Waals surface area contributed by atoms with Crippen molar-refractivity contribution in [1.82, 2.24) is 0 Å². The lowest BCUT2D eigenvalue weighted by atomic mass is 9.68. The first-order valence-electron chi connectivity index (χ1n) is 20.4. The Balaban J connectivity index is 0.933. The van der Waals surface area contributed by atoms with Crippen LogP contribution in [-0.2, 0) is 5.41 Å². The van der Waals surface area contributed by atoms with Crippen molar-refractivity contribution in [3.8, 4) is 45.3 Å². The predicted molar refractivity (Wildman–Crippen MR) is 243 cm³/mol. The van der Waals surface area contributed by atoms with Crippen molar-refractivity contribution in [1.29, 1.82) is 0 Å². The Kier molecular flexibility index (Phi) is 6.93. The molecule has 0 radical (unpaired) electrons. The zero-order chi connectivity index (χ0) is 38.7. The number of ether oxygens (including phenoxy) is 2. The highest BCUT2D eigenvalue weighted by molar-refractivity contribution is 7.25. The Morgan fingerprint density at radius 1 is 0.492 bits per heavy atom. The second kappa shape index (κ2) is 12.4. The lowest BCUT2D eigenvalue weighted by molar-refractivity contribution is 0.360. The predicted octanol–water partition coefficient (Wildman–Crippen LogP) is 15.5. The third-order valence-electron chi connectivity index (χ3n) is 12.8. The number of allylic oxidation sites excluding steroid dienone is 4. The topological polar surface area (TPSA) is 21.7 Å². The molecule has 0 saturated heterocycles. The van der Waals surface area contributed by atoms with Crippen LogP contribution >= 0.6 is 11.3 Å². The van der Waals surface area contributed by atoms with Crippen LogP contribution in [0.5, 0.6) is 23.0 Å². The number of hydrogen-bond donors (Lipinski definition) is 0. The van der Waals surface area contributed by atoms with E-state index < -0.39 is 0 Å². The Labute approximate surface area is 346 Å². The molecule has 0 N–H and O–H groups in total. The average molecular weight is 774 g/mol. The van der Waals surface area contributed by atoms with E-state index in [2.05, 4.69) is 187 Å². The van der Waals surface area contributed by atoms with Gasteiger partial charge in [-0.1, -0.05) is 121 Å². The SMILES string of the molecule is C1=CC2=C(CC1)C1(c3ccccc32)c2ccccc2-c2cc3c(cc21)Oc1c(cccc1N(c1ccccc1)c1ccc(-c2ccc4sc5ccccc5c4c2)cc1)O3. The summed E-state index contributed by atoms with van der Waals surface area (Å²) in [6.07, 6.45) is 6.73. The maximum absolute atomic E-state index is 7.15. The Morgan fingerprint density at radius 2 is 1.20 bits per heavy atom. The van der Waals surface area contributed by atoms with Crippen molar-refractivity contribution in [3.63, 3.8) is 0 Å². The standard InChI is InChI=1S/C55H35NO2S/c1-2-13-36(14-3-1)56(37-28-25-34(26-29-37)35-27-30-53-43(31-35)41-18-7-11-24-52(41)59-53)48-22-12-23-49-54(48)58-51-33-47-42(32-50(51)57-49)40-17-6-10-21-46(40)55(47)44-19-8-4-15-38(44)39-16-5-9-20-45(39)55/h1-8,10-19,21-33H,9,20H2. The highest BCUT2D eigenvalue weighted by Gasteiger charge is 2.53. The van der Waals surface area contributed by atoms with E-state index >= 15 is 0 Å². The van der Waals surface area contributed by atoms with Crippen LogP contribution in [0.15, 0.2) is 194 Å². The van der Waals surface area contributed by atoms with Crippen LogP contribution in [0.4, 0.5) is 17.1 Å². The highest BCUT2D eigenvalue weighted by atomic mass is 32.1. The van der Waals surface area contributed by atoms with E-state index in [-0.39, 0.29) is 5.41 Å². The van der Waals surface area contributed by atoms with E-state index in [1.165, 1.54) is 75.8 Å². The van der Waals surface area contributed by atoms with Crippen molar-refractivity contribution in [3.05, 3.63) is 216 Å². The van der Waals surface area contributed by atoms with Crippen molar-refractivity contribution < 1.29 is 9.47 Å². The first-order chi connectivity index (χ1) is 29.2. The van der Waals surface area contributed by atoms with Gasteiger partial charge in [0.1, 0.15) is 0 Å². The summed E-state index contributed by atoms with van der Waals surface area (Å²) in [5.41, 5.74) is 15.5. The maximum Gasteiger partial charge on any atom is 0.194 e. The summed E-state index contributed by atoms with van der Waals surface area (Å²) < 4.78 is 16.6. The van der Waals surface area contributed by atoms with E-state index in [1.807, 2.05) is 17.4 Å². The fraction of sp³-hybridized carbons (Fsp3) is 0.0545. The third-order valence-corrected chi connectivity index (χ3v) is 14.0. The van der Waals surface area contributed by atoms with Crippen molar-refractivity contribution in [2.75, 3.05) is 4.90 Å². The first-order valence-corrected chi connectivity index (χ1v) is 21.2. The molecule has 2 heterocycles. The van der Waals surface area contributed by atoms with Gasteiger partial charge >= 0.3 is 0 Å². The number of thiophene rings is 1. The Bertz CT molecular complexity index is 3280. The van der Waals surface area contributed by atoms with Gasteiger partial charge in [0.05, 0.1) is 11.1 Å². The van der Waals surface area contributed by atoms with Crippen LogP contribution in [0.3, 0.4) is 0 Å². The van der Waals surface area contributed by atoms with Crippen molar-refractivity contribution in [2.45, 2.75) is 18.3 Å². The fourth-order valence-corrected chi connectivity index (χ4v) is 11.5. The molecule has 0 amide bonds. The second-order valence-electron chi connectivity index (χ2n) is 15.9. The molecule has 3 nitrogen and oxygen atoms in total. The van der Waals surface area contributed by atoms with E-state index in [9.17, 15) is 0 Å². The van der Waals surface area contributed by atoms with Crippen LogP contribution < -0.4 is 14.4 Å². The maximum atomic E-state index is 7.15. The minimum absolute atomic E-state index is 0.389. The second-order valence-corrected chi connectivity index (χ2v) is 16.9. The summed E-state index contributed by atoms with van der Waals surface area (Å²) in [6, 6.07) is 63.6. The summed E-state index contributed by atoms with van der Waals surface area (Å²) >= 11 is 1.85. The largest absolute Gasteiger partial charge is 0.449 e. The van der Waals surface area contributed by atoms with Crippen LogP contribution in [0.1, 0.15) is 35.1 Å². The van der Waals surface area contributed by atoms with Gasteiger partial charge in [0.15, 0.2) is 23.0 Å². The number of fused-ring (bicyclic) bond motifs is 14. The quantitative estimate of drug-likeness (QED) is 0.178. The normalized spacial score (nSPS) is 16.5. The number of para-hydroxylation sites is 2. The van der Waals surface area contributed by atoms with Crippen LogP contribution in [-0.4, -0.2) is 0 Å². The van der Waals surface area contributed by atoms with E-state index in [1.54, 1.807) is 0 Å². The number of hydrogen-bond acceptors (Lipinski definition) is 4. The molecule has 4 aliphatic rings. The molecule has 8 aromatic carbocycles. The van der Waals surface area contributed by atoms with Gasteiger partial charge in [0.25, 0.3) is 0 Å². The zero-order valence-electron chi connectivity index (χ0n) is 32.0. The molecule has 0 fully saturated rings. The molecule has 13 rings (SSSR count). The van der Waals surface area contributed by atoms with E-state index in [0.29, 0.717) is 11.5 Å². The molecule has 1 aliphatic heterocycles. The summed E-state index contributed by atoms with van der Waals surface area (Å²) in [5.74, 6) is 2.85. The first kappa shape index (κ1) is 32.9. The van der Waals surface area contributed by atoms with Crippen molar-refractivity contribution in [2.24, 2.45) is 0 Å². The van der Waals surface area contributed by atoms with Gasteiger partial charge in [-0.25, -0.2) is 0 Å². The monoisotopic (exact) mass is 773 g/mol. The summed E-state index contributed by atoms with van der Waals surface area (Å²) in [4.78, 5) is 2.27. The molecule has 59 heavy (non-hydrogen) atoms. The van der Waals surface area contributed by atoms with Gasteiger partial charge in [-0.05, 0) is 135 Å². The Hall–Kier alpha value is -7.14. The van der Waals surface area contributed by atoms with Gasteiger partial charge in [-0.3, -0.25) is 0 Å². The molecule has 0 saturated carbocycles. The Morgan fingerprint density at radius 3 is 2.08 bits per heavy atom. The van der Waals surface area contributed by atoms with Gasteiger partial charge in [-0.2, -0.15) is 0 Å². The van der Waals surface area contributed by atoms with Crippen molar-refractivity contribution >= 4 is 54.1 Å². The third kappa shape index (κ3) is 4.63. The molecular formula is C55H35NO2S. The fourth-order valence-electron chi connectivity index (χ4n) is 10.4. The zero-order valence-corrected chi connectivity index (χ0v) is 32.8. The van der Waals surface area contributed by atoms with Gasteiger partial charge in [-0.15, -0.1) is 11.3 Å². The highest BCUT2D eigenvalue weighted by Crippen LogP contribution is 2.65. The molecule has 1 atom stereocenters. The molecule has 9 aromatic rings. The number of anilines is 3. The molecule has 1 aromatic heterocycles. The van der Waals surface area contributed by atoms with E-state index in [0.717, 1.165) is 41.4 Å². The number of rotatable bonds is 4. The van der Waals surface area contributed by atoms with Crippen LogP contribution in [0, 0.1) is 0 Å². The molecule has 1 spiro atoms. The van der Waals surface area contributed by atoms with E-state index in [4.69, 9.17) is 9.47 Å². The molecule has 0 bridgehead atoms. The summed E-state index contributed by atoms with van der Waals surface area (Å²) in [7, 11) is 0.